The molecule has 4 nitrogen and oxygen atoms in total. The Balaban J connectivity index is 2.27. The Morgan fingerprint density at radius 3 is 2.22 bits per heavy atom. The molecule has 0 bridgehead atoms. The number of carbonyl (C=O) groups excluding carboxylic acids is 1. The summed E-state index contributed by atoms with van der Waals surface area (Å²) in [5.41, 5.74) is 0. The van der Waals surface area contributed by atoms with Gasteiger partial charge in [-0.2, -0.15) is 0 Å². The van der Waals surface area contributed by atoms with Crippen LogP contribution in [-0.2, 0) is 9.53 Å². The van der Waals surface area contributed by atoms with Crippen molar-refractivity contribution in [3.8, 4) is 11.5 Å². The van der Waals surface area contributed by atoms with E-state index >= 15 is 0 Å². The van der Waals surface area contributed by atoms with Gasteiger partial charge in [-0.1, -0.05) is 13.3 Å². The Kier molecular flexibility index (Phi) is 6.69. The molecule has 0 aliphatic heterocycles. The normalized spacial score (nSPS) is 9.89. The van der Waals surface area contributed by atoms with E-state index in [1.807, 2.05) is 13.8 Å². The van der Waals surface area contributed by atoms with Crippen LogP contribution >= 0.6 is 0 Å². The molecule has 0 N–H and O–H groups in total. The summed E-state index contributed by atoms with van der Waals surface area (Å²) in [5.74, 6) is 1.08. The van der Waals surface area contributed by atoms with Gasteiger partial charge in [0.2, 0.25) is 0 Å². The van der Waals surface area contributed by atoms with E-state index in [0.717, 1.165) is 18.6 Å². The number of unbranched alkanes of at least 4 members (excludes halogenated alkanes) is 1. The molecule has 0 fully saturated rings. The molecule has 0 saturated carbocycles. The molecule has 0 aliphatic carbocycles. The summed E-state index contributed by atoms with van der Waals surface area (Å²) < 4.78 is 15.6. The minimum absolute atomic E-state index is 0.0578. The second kappa shape index (κ2) is 8.39. The van der Waals surface area contributed by atoms with Crippen molar-refractivity contribution in [1.82, 2.24) is 0 Å². The third-order valence-corrected chi connectivity index (χ3v) is 2.25. The van der Waals surface area contributed by atoms with Gasteiger partial charge in [0.15, 0.2) is 6.61 Å². The summed E-state index contributed by atoms with van der Waals surface area (Å²) >= 11 is 0. The molecule has 0 aromatic heterocycles. The lowest BCUT2D eigenvalue weighted by atomic mass is 10.3. The molecule has 100 valence electrons. The third kappa shape index (κ3) is 5.57. The number of carbonyl (C=O) groups is 1. The van der Waals surface area contributed by atoms with Gasteiger partial charge in [0.25, 0.3) is 0 Å². The van der Waals surface area contributed by atoms with Crippen molar-refractivity contribution in [2.45, 2.75) is 26.7 Å². The number of hydrogen-bond donors (Lipinski definition) is 0. The predicted molar refractivity (Wildman–Crippen MR) is 69.0 cm³/mol. The smallest absolute Gasteiger partial charge is 0.344 e. The van der Waals surface area contributed by atoms with Crippen LogP contribution in [0.3, 0.4) is 0 Å². The van der Waals surface area contributed by atoms with Gasteiger partial charge in [-0.05, 0) is 37.6 Å². The summed E-state index contributed by atoms with van der Waals surface area (Å²) in [6.07, 6.45) is 1.89. The van der Waals surface area contributed by atoms with Gasteiger partial charge in [-0.15, -0.1) is 0 Å². The van der Waals surface area contributed by atoms with Gasteiger partial charge in [0, 0.05) is 0 Å². The quantitative estimate of drug-likeness (QED) is 0.527. The van der Waals surface area contributed by atoms with Crippen LogP contribution in [0, 0.1) is 0 Å². The highest BCUT2D eigenvalue weighted by molar-refractivity contribution is 5.71. The van der Waals surface area contributed by atoms with Crippen molar-refractivity contribution in [3.05, 3.63) is 24.3 Å². The molecule has 18 heavy (non-hydrogen) atoms. The highest BCUT2D eigenvalue weighted by atomic mass is 16.6. The molecule has 0 saturated heterocycles. The van der Waals surface area contributed by atoms with E-state index in [1.165, 1.54) is 0 Å². The molecule has 0 heterocycles. The molecule has 1 aromatic rings. The first-order valence-electron chi connectivity index (χ1n) is 6.27. The Labute approximate surface area is 108 Å². The van der Waals surface area contributed by atoms with Crippen LogP contribution in [0.5, 0.6) is 11.5 Å². The first-order valence-corrected chi connectivity index (χ1v) is 6.27. The predicted octanol–water partition coefficient (Wildman–Crippen LogP) is 2.81. The number of ether oxygens (including phenoxy) is 3. The van der Waals surface area contributed by atoms with Crippen molar-refractivity contribution in [2.24, 2.45) is 0 Å². The zero-order chi connectivity index (χ0) is 13.2. The molecule has 0 atom stereocenters. The standard InChI is InChI=1S/C14H20O4/c1-3-5-10-17-14(15)11-18-13-8-6-12(7-9-13)16-4-2/h6-9H,3-5,10-11H2,1-2H3. The molecule has 1 aromatic carbocycles. The summed E-state index contributed by atoms with van der Waals surface area (Å²) in [7, 11) is 0. The van der Waals surface area contributed by atoms with Crippen LogP contribution in [0.2, 0.25) is 0 Å². The van der Waals surface area contributed by atoms with Crippen LogP contribution in [0.15, 0.2) is 24.3 Å². The molecular weight excluding hydrogens is 232 g/mol. The van der Waals surface area contributed by atoms with E-state index in [-0.39, 0.29) is 12.6 Å². The van der Waals surface area contributed by atoms with Crippen LogP contribution in [-0.4, -0.2) is 25.8 Å². The van der Waals surface area contributed by atoms with E-state index in [1.54, 1.807) is 24.3 Å². The maximum Gasteiger partial charge on any atom is 0.344 e. The van der Waals surface area contributed by atoms with Gasteiger partial charge in [0.1, 0.15) is 11.5 Å². The second-order valence-electron chi connectivity index (χ2n) is 3.77. The van der Waals surface area contributed by atoms with E-state index in [0.29, 0.717) is 19.0 Å². The molecule has 0 radical (unpaired) electrons. The van der Waals surface area contributed by atoms with Crippen molar-refractivity contribution < 1.29 is 19.0 Å². The fourth-order valence-electron chi connectivity index (χ4n) is 1.31. The zero-order valence-electron chi connectivity index (χ0n) is 11.0. The molecule has 4 heteroatoms. The van der Waals surface area contributed by atoms with Crippen molar-refractivity contribution in [2.75, 3.05) is 19.8 Å². The van der Waals surface area contributed by atoms with Gasteiger partial charge in [-0.25, -0.2) is 4.79 Å². The van der Waals surface area contributed by atoms with Crippen LogP contribution in [0.25, 0.3) is 0 Å². The van der Waals surface area contributed by atoms with Crippen LogP contribution in [0.4, 0.5) is 0 Å². The lowest BCUT2D eigenvalue weighted by Gasteiger charge is -2.07. The largest absolute Gasteiger partial charge is 0.494 e. The zero-order valence-corrected chi connectivity index (χ0v) is 11.0. The highest BCUT2D eigenvalue weighted by Gasteiger charge is 2.03. The summed E-state index contributed by atoms with van der Waals surface area (Å²) in [6.45, 7) is 5.00. The molecular formula is C14H20O4. The third-order valence-electron chi connectivity index (χ3n) is 2.25. The number of esters is 1. The summed E-state index contributed by atoms with van der Waals surface area (Å²) in [4.78, 5) is 11.3. The Morgan fingerprint density at radius 2 is 1.67 bits per heavy atom. The van der Waals surface area contributed by atoms with Gasteiger partial charge < -0.3 is 14.2 Å². The maximum absolute atomic E-state index is 11.3. The number of rotatable bonds is 8. The lowest BCUT2D eigenvalue weighted by Crippen LogP contribution is -2.15. The SMILES string of the molecule is CCCCOC(=O)COc1ccc(OCC)cc1. The van der Waals surface area contributed by atoms with Gasteiger partial charge in [-0.3, -0.25) is 0 Å². The van der Waals surface area contributed by atoms with Crippen molar-refractivity contribution in [1.29, 1.82) is 0 Å². The number of benzene rings is 1. The van der Waals surface area contributed by atoms with E-state index in [4.69, 9.17) is 14.2 Å². The van der Waals surface area contributed by atoms with Crippen molar-refractivity contribution in [3.63, 3.8) is 0 Å². The average Bonchev–Trinajstić information content (AvgIpc) is 2.39. The minimum Gasteiger partial charge on any atom is -0.494 e. The van der Waals surface area contributed by atoms with Crippen LogP contribution < -0.4 is 9.47 Å². The van der Waals surface area contributed by atoms with Crippen molar-refractivity contribution >= 4 is 5.97 Å². The Bertz CT molecular complexity index is 345. The molecule has 0 spiro atoms. The first-order chi connectivity index (χ1) is 8.76. The highest BCUT2D eigenvalue weighted by Crippen LogP contribution is 2.17. The second-order valence-corrected chi connectivity index (χ2v) is 3.77. The molecule has 0 aliphatic rings. The molecule has 0 unspecified atom stereocenters. The maximum atomic E-state index is 11.3. The van der Waals surface area contributed by atoms with E-state index in [9.17, 15) is 4.79 Å². The fourth-order valence-corrected chi connectivity index (χ4v) is 1.31. The monoisotopic (exact) mass is 252 g/mol. The van der Waals surface area contributed by atoms with Gasteiger partial charge >= 0.3 is 5.97 Å². The topological polar surface area (TPSA) is 44.8 Å². The van der Waals surface area contributed by atoms with E-state index < -0.39 is 0 Å². The molecule has 1 rings (SSSR count). The minimum atomic E-state index is -0.336. The lowest BCUT2D eigenvalue weighted by molar-refractivity contribution is -0.146. The van der Waals surface area contributed by atoms with Crippen LogP contribution in [0.1, 0.15) is 26.7 Å². The summed E-state index contributed by atoms with van der Waals surface area (Å²) in [5, 5.41) is 0. The average molecular weight is 252 g/mol. The Morgan fingerprint density at radius 1 is 1.06 bits per heavy atom. The Hall–Kier alpha value is -1.71. The fraction of sp³-hybridized carbons (Fsp3) is 0.500. The molecule has 0 amide bonds. The summed E-state index contributed by atoms with van der Waals surface area (Å²) in [6, 6.07) is 7.15. The van der Waals surface area contributed by atoms with Gasteiger partial charge in [0.05, 0.1) is 13.2 Å². The van der Waals surface area contributed by atoms with E-state index in [2.05, 4.69) is 0 Å². The first kappa shape index (κ1) is 14.4. The number of hydrogen-bond acceptors (Lipinski definition) is 4.